The van der Waals surface area contributed by atoms with E-state index in [1.54, 1.807) is 13.8 Å². The minimum atomic E-state index is -0.457. The molecule has 0 heterocycles. The first kappa shape index (κ1) is 79.1. The van der Waals surface area contributed by atoms with E-state index in [0.717, 1.165) is 19.3 Å². The van der Waals surface area contributed by atoms with Crippen molar-refractivity contribution in [3.63, 3.8) is 0 Å². The van der Waals surface area contributed by atoms with Gasteiger partial charge in [-0.2, -0.15) is 0 Å². The molecule has 0 radical (unpaired) electrons. The highest BCUT2D eigenvalue weighted by atomic mass is 16.2. The topological polar surface area (TPSA) is 518 Å². The second-order valence-electron chi connectivity index (χ2n) is 23.1. The highest BCUT2D eigenvalue weighted by molar-refractivity contribution is 5.88. The Hall–Kier alpha value is -6.89. The summed E-state index contributed by atoms with van der Waals surface area (Å²) in [5, 5.41) is 2.76. The molecule has 0 fully saturated rings. The van der Waals surface area contributed by atoms with Gasteiger partial charge in [0.1, 0.15) is 28.9 Å². The number of Topliss-reactive ketones (excluding diaryl/α,β-unsaturated/α-hetero) is 6. The van der Waals surface area contributed by atoms with E-state index in [4.69, 9.17) is 68.8 Å². The van der Waals surface area contributed by atoms with Gasteiger partial charge in [0.2, 0.25) is 5.91 Å². The van der Waals surface area contributed by atoms with E-state index in [1.165, 1.54) is 0 Å². The van der Waals surface area contributed by atoms with Gasteiger partial charge in [0.05, 0.1) is 6.54 Å². The van der Waals surface area contributed by atoms with E-state index in [-0.39, 0.29) is 144 Å². The first-order chi connectivity index (χ1) is 40.9. The molecule has 0 spiro atoms. The van der Waals surface area contributed by atoms with Crippen molar-refractivity contribution in [2.75, 3.05) is 45.8 Å². The molecule has 0 saturated heterocycles. The third kappa shape index (κ3) is 42.8. The molecular formula is C60H115N19O7. The molecular weight excluding hydrogens is 1100 g/mol. The minimum absolute atomic E-state index is 0.0181. The molecule has 0 rings (SSSR count). The van der Waals surface area contributed by atoms with Crippen LogP contribution in [0.4, 0.5) is 0 Å². The molecule has 0 saturated carbocycles. The van der Waals surface area contributed by atoms with E-state index in [9.17, 15) is 33.6 Å². The van der Waals surface area contributed by atoms with E-state index in [1.807, 2.05) is 0 Å². The first-order valence-electron chi connectivity index (χ1n) is 31.6. The van der Waals surface area contributed by atoms with E-state index in [0.29, 0.717) is 187 Å². The number of ketones is 6. The molecule has 0 aliphatic rings. The van der Waals surface area contributed by atoms with Gasteiger partial charge in [-0.1, -0.05) is 33.6 Å². The highest BCUT2D eigenvalue weighted by Gasteiger charge is 2.27. The lowest BCUT2D eigenvalue weighted by molar-refractivity contribution is -0.129. The number of nitrogens with one attached hydrogen (secondary N) is 1. The lowest BCUT2D eigenvalue weighted by atomic mass is 9.84. The summed E-state index contributed by atoms with van der Waals surface area (Å²) in [5.74, 6) is -2.37. The van der Waals surface area contributed by atoms with Crippen molar-refractivity contribution >= 4 is 76.4 Å². The lowest BCUT2D eigenvalue weighted by Crippen LogP contribution is -2.36. The van der Waals surface area contributed by atoms with Gasteiger partial charge in [0, 0.05) is 113 Å². The average molecular weight is 1210 g/mol. The van der Waals surface area contributed by atoms with Crippen molar-refractivity contribution < 1.29 is 33.6 Å². The fourth-order valence-corrected chi connectivity index (χ4v) is 10.6. The largest absolute Gasteiger partial charge is 0.370 e. The van der Waals surface area contributed by atoms with Crippen LogP contribution in [0.15, 0.2) is 30.0 Å². The number of nitrogens with zero attached hydrogens (tertiary/aromatic N) is 6. The predicted molar refractivity (Wildman–Crippen MR) is 347 cm³/mol. The number of amides is 1. The second kappa shape index (κ2) is 49.2. The molecule has 26 heteroatoms. The Morgan fingerprint density at radius 2 is 0.488 bits per heavy atom. The number of rotatable bonds is 56. The van der Waals surface area contributed by atoms with Crippen LogP contribution in [0.25, 0.3) is 0 Å². The van der Waals surface area contributed by atoms with Gasteiger partial charge in [-0.3, -0.25) is 63.5 Å². The molecule has 0 aliphatic heterocycles. The number of guanidine groups is 6. The molecule has 0 aromatic carbocycles. The summed E-state index contributed by atoms with van der Waals surface area (Å²) in [6.07, 6.45) is 15.5. The lowest BCUT2D eigenvalue weighted by Gasteiger charge is -2.20. The van der Waals surface area contributed by atoms with Gasteiger partial charge in [-0.05, 0) is 148 Å². The molecule has 0 aromatic heterocycles. The third-order valence-corrected chi connectivity index (χ3v) is 15.5. The quantitative estimate of drug-likeness (QED) is 0.0236. The third-order valence-electron chi connectivity index (χ3n) is 15.5. The molecule has 0 aromatic rings. The molecule has 0 bridgehead atoms. The summed E-state index contributed by atoms with van der Waals surface area (Å²) in [5.41, 5.74) is 66.7. The second-order valence-corrected chi connectivity index (χ2v) is 23.1. The van der Waals surface area contributed by atoms with E-state index < -0.39 is 5.92 Å². The van der Waals surface area contributed by atoms with Crippen LogP contribution in [-0.4, -0.2) is 122 Å². The van der Waals surface area contributed by atoms with Crippen molar-refractivity contribution in [1.29, 1.82) is 0 Å². The number of carbonyl (C=O) groups excluding carboxylic acids is 7. The van der Waals surface area contributed by atoms with E-state index in [2.05, 4.69) is 42.2 Å². The predicted octanol–water partition coefficient (Wildman–Crippen LogP) is 3.23. The number of carbonyl (C=O) groups is 7. The van der Waals surface area contributed by atoms with Crippen LogP contribution in [0, 0.1) is 41.4 Å². The maximum Gasteiger partial charge on any atom is 0.223 e. The van der Waals surface area contributed by atoms with Crippen LogP contribution < -0.4 is 74.1 Å². The summed E-state index contributed by atoms with van der Waals surface area (Å²) < 4.78 is 0. The van der Waals surface area contributed by atoms with Gasteiger partial charge < -0.3 is 74.1 Å². The molecule has 6 atom stereocenters. The fourth-order valence-electron chi connectivity index (χ4n) is 10.6. The minimum Gasteiger partial charge on any atom is -0.370 e. The van der Waals surface area contributed by atoms with Crippen molar-refractivity contribution in [3.8, 4) is 0 Å². The molecule has 26 nitrogen and oxygen atoms in total. The number of nitrogens with two attached hydrogens (primary N) is 12. The fraction of sp³-hybridized carbons (Fsp3) is 0.783. The molecule has 1 amide bonds. The zero-order valence-electron chi connectivity index (χ0n) is 52.7. The Labute approximate surface area is 512 Å². The van der Waals surface area contributed by atoms with E-state index >= 15 is 0 Å². The Kier molecular flexibility index (Phi) is 45.3. The number of hydrogen-bond donors (Lipinski definition) is 13. The monoisotopic (exact) mass is 1210 g/mol. The van der Waals surface area contributed by atoms with Crippen molar-refractivity contribution in [2.24, 2.45) is 140 Å². The summed E-state index contributed by atoms with van der Waals surface area (Å²) >= 11 is 0. The summed E-state index contributed by atoms with van der Waals surface area (Å²) in [4.78, 5) is 120. The summed E-state index contributed by atoms with van der Waals surface area (Å²) in [6, 6.07) is 0. The molecule has 0 aliphatic carbocycles. The molecule has 25 N–H and O–H groups in total. The Morgan fingerprint density at radius 1 is 0.291 bits per heavy atom. The smallest absolute Gasteiger partial charge is 0.223 e. The van der Waals surface area contributed by atoms with Gasteiger partial charge in [-0.25, -0.2) is 0 Å². The van der Waals surface area contributed by atoms with Crippen molar-refractivity contribution in [1.82, 2.24) is 5.32 Å². The SMILES string of the molecule is CCCCC(CCCN=C(N)N)C(=O)CCCC(CCCN=C(N)N)C(=O)CCCC(CCCN=C(N)N)C(=O)CCCC(CCCN=C(N)N)C(=O)CCCC(CCCN=C(N)N)C(=O)CCCC(CCCN=C(N)N)C(=O)NCC(=O)C(C)C. The van der Waals surface area contributed by atoms with Gasteiger partial charge in [-0.15, -0.1) is 0 Å². The number of aliphatic imine (C=N–C) groups is 6. The Balaban J connectivity index is 6.14. The molecule has 6 unspecified atom stereocenters. The van der Waals surface area contributed by atoms with Gasteiger partial charge in [0.25, 0.3) is 0 Å². The maximum atomic E-state index is 14.1. The summed E-state index contributed by atoms with van der Waals surface area (Å²) in [6.45, 7) is 7.75. The average Bonchev–Trinajstić information content (AvgIpc) is 3.53. The van der Waals surface area contributed by atoms with Crippen molar-refractivity contribution in [2.45, 2.75) is 213 Å². The molecule has 86 heavy (non-hydrogen) atoms. The first-order valence-corrected chi connectivity index (χ1v) is 31.6. The zero-order valence-corrected chi connectivity index (χ0v) is 52.7. The van der Waals surface area contributed by atoms with Crippen LogP contribution in [-0.2, 0) is 33.6 Å². The number of unbranched alkanes of at least 4 members (excludes halogenated alkanes) is 1. The summed E-state index contributed by atoms with van der Waals surface area (Å²) in [7, 11) is 0. The van der Waals surface area contributed by atoms with Gasteiger partial charge >= 0.3 is 0 Å². The highest BCUT2D eigenvalue weighted by Crippen LogP contribution is 2.28. The Morgan fingerprint density at radius 3 is 0.698 bits per heavy atom. The van der Waals surface area contributed by atoms with Crippen LogP contribution in [0.2, 0.25) is 0 Å². The Bertz CT molecular complexity index is 2160. The standard InChI is InChI=1S/C60H115N19O7/c1-4-5-17-42(23-11-34-73-55(61)62)48(80)29-6-18-43(24-12-35-74-56(63)64)49(81)30-7-19-44(25-13-36-75-57(65)66)50(82)31-8-20-45(26-14-37-76-58(67)68)51(83)32-9-21-46(27-15-38-77-59(69)70)52(84)33-10-22-47(28-16-39-78-60(71)72)54(86)79-40-53(85)41(2)3/h41-47H,4-40H2,1-3H3,(H,79,86)(H4,61,62,73)(H4,63,64,74)(H4,65,66,75)(H4,67,68,76)(H4,69,70,77)(H4,71,72,78). The number of hydrogen-bond acceptors (Lipinski definition) is 13. The van der Waals surface area contributed by atoms with Gasteiger partial charge in [0.15, 0.2) is 41.5 Å². The van der Waals surface area contributed by atoms with Crippen LogP contribution in [0.5, 0.6) is 0 Å². The maximum absolute atomic E-state index is 14.1. The van der Waals surface area contributed by atoms with Crippen LogP contribution in [0.3, 0.4) is 0 Å². The van der Waals surface area contributed by atoms with Crippen LogP contribution in [0.1, 0.15) is 213 Å². The zero-order chi connectivity index (χ0) is 64.7. The normalized spacial score (nSPS) is 13.2. The molecule has 492 valence electrons. The van der Waals surface area contributed by atoms with Crippen LogP contribution >= 0.6 is 0 Å². The van der Waals surface area contributed by atoms with Crippen molar-refractivity contribution in [3.05, 3.63) is 0 Å².